The minimum absolute atomic E-state index is 0.0559. The third-order valence-electron chi connectivity index (χ3n) is 7.58. The smallest absolute Gasteiger partial charge is 0.303 e. The number of amides is 1. The largest absolute Gasteiger partial charge is 0.458 e. The van der Waals surface area contributed by atoms with E-state index >= 15 is 0 Å². The predicted octanol–water partition coefficient (Wildman–Crippen LogP) is 5.10. The average molecular weight is 609 g/mol. The molecular weight excluding hydrogens is 571 g/mol. The van der Waals surface area contributed by atoms with Crippen LogP contribution in [0, 0.1) is 11.7 Å². The van der Waals surface area contributed by atoms with Crippen molar-refractivity contribution in [2.24, 2.45) is 5.92 Å². The Morgan fingerprint density at radius 2 is 1.72 bits per heavy atom. The monoisotopic (exact) mass is 608 g/mol. The van der Waals surface area contributed by atoms with Crippen LogP contribution in [0.3, 0.4) is 0 Å². The standard InChI is InChI=1S/C33H37FN2O6S/c1-22(21-37)25-8-10-27(11-9-25)32-30(18-19-31(42-23(2)38)26-12-14-28(34)15-13-26)33(39)36(32)29-16-6-24(7-17-29)5-4-20-35-43(3,40)41/h6-17,30-32,35,37H,1,4-5,18-21H2,2-3H3/t30?,31-,32+/m0/s1. The van der Waals surface area contributed by atoms with E-state index in [2.05, 4.69) is 11.3 Å². The van der Waals surface area contributed by atoms with Crippen LogP contribution in [0.1, 0.15) is 60.6 Å². The molecule has 1 saturated heterocycles. The molecule has 1 aliphatic heterocycles. The van der Waals surface area contributed by atoms with Gasteiger partial charge in [0.05, 0.1) is 24.8 Å². The highest BCUT2D eigenvalue weighted by atomic mass is 32.2. The Morgan fingerprint density at radius 3 is 2.30 bits per heavy atom. The summed E-state index contributed by atoms with van der Waals surface area (Å²) in [7, 11) is -3.23. The minimum Gasteiger partial charge on any atom is -0.458 e. The number of halogens is 1. The lowest BCUT2D eigenvalue weighted by Crippen LogP contribution is -2.55. The van der Waals surface area contributed by atoms with Gasteiger partial charge in [-0.3, -0.25) is 9.59 Å². The van der Waals surface area contributed by atoms with Gasteiger partial charge in [-0.2, -0.15) is 0 Å². The maximum atomic E-state index is 13.6. The summed E-state index contributed by atoms with van der Waals surface area (Å²) in [6, 6.07) is 20.8. The molecule has 8 nitrogen and oxygen atoms in total. The lowest BCUT2D eigenvalue weighted by atomic mass is 9.78. The lowest BCUT2D eigenvalue weighted by molar-refractivity contribution is -0.147. The molecule has 0 aliphatic carbocycles. The number of hydrogen-bond donors (Lipinski definition) is 2. The van der Waals surface area contributed by atoms with Crippen LogP contribution >= 0.6 is 0 Å². The fraction of sp³-hybridized carbons (Fsp3) is 0.333. The highest BCUT2D eigenvalue weighted by molar-refractivity contribution is 7.88. The summed E-state index contributed by atoms with van der Waals surface area (Å²) in [5, 5.41) is 9.47. The van der Waals surface area contributed by atoms with Crippen molar-refractivity contribution in [2.45, 2.75) is 44.8 Å². The molecular formula is C33H37FN2O6S. The number of carbonyl (C=O) groups is 2. The summed E-state index contributed by atoms with van der Waals surface area (Å²) in [4.78, 5) is 27.2. The first-order valence-electron chi connectivity index (χ1n) is 14.1. The Morgan fingerprint density at radius 1 is 1.07 bits per heavy atom. The fourth-order valence-corrected chi connectivity index (χ4v) is 5.90. The van der Waals surface area contributed by atoms with Gasteiger partial charge in [-0.05, 0) is 77.8 Å². The Labute approximate surface area is 252 Å². The third kappa shape index (κ3) is 8.37. The molecule has 4 rings (SSSR count). The number of aliphatic hydroxyl groups excluding tert-OH is 1. The number of sulfonamides is 1. The first-order valence-corrected chi connectivity index (χ1v) is 16.0. The quantitative estimate of drug-likeness (QED) is 0.150. The number of aliphatic hydroxyl groups is 1. The summed E-state index contributed by atoms with van der Waals surface area (Å²) in [5.41, 5.74) is 4.74. The minimum atomic E-state index is -3.23. The van der Waals surface area contributed by atoms with Crippen LogP contribution in [0.25, 0.3) is 5.57 Å². The number of β-lactam (4-membered cyclic amide) rings is 1. The van der Waals surface area contributed by atoms with E-state index in [1.807, 2.05) is 48.5 Å². The van der Waals surface area contributed by atoms with Gasteiger partial charge in [-0.15, -0.1) is 0 Å². The molecule has 1 aliphatic rings. The Bertz CT molecular complexity index is 1540. The van der Waals surface area contributed by atoms with Crippen molar-refractivity contribution in [3.8, 4) is 0 Å². The zero-order chi connectivity index (χ0) is 31.1. The number of esters is 1. The maximum Gasteiger partial charge on any atom is 0.303 e. The van der Waals surface area contributed by atoms with Crippen LogP contribution in [-0.4, -0.2) is 44.8 Å². The fourth-order valence-electron chi connectivity index (χ4n) is 5.38. The summed E-state index contributed by atoms with van der Waals surface area (Å²) < 4.78 is 44.1. The Kier molecular flexibility index (Phi) is 10.5. The van der Waals surface area contributed by atoms with E-state index in [0.717, 1.165) is 28.6 Å². The van der Waals surface area contributed by atoms with E-state index in [-0.39, 0.29) is 30.3 Å². The second-order valence-electron chi connectivity index (χ2n) is 10.8. The summed E-state index contributed by atoms with van der Waals surface area (Å²) in [6.45, 7) is 5.39. The van der Waals surface area contributed by atoms with Crippen LogP contribution in [0.5, 0.6) is 0 Å². The second-order valence-corrected chi connectivity index (χ2v) is 12.6. The number of anilines is 1. The molecule has 0 bridgehead atoms. The van der Waals surface area contributed by atoms with E-state index in [1.54, 1.807) is 17.0 Å². The first-order chi connectivity index (χ1) is 20.5. The molecule has 1 amide bonds. The first kappa shape index (κ1) is 32.1. The van der Waals surface area contributed by atoms with Gasteiger partial charge in [0.15, 0.2) is 0 Å². The van der Waals surface area contributed by atoms with Crippen molar-refractivity contribution in [3.05, 3.63) is 107 Å². The molecule has 3 aromatic carbocycles. The number of ether oxygens (including phenoxy) is 1. The summed E-state index contributed by atoms with van der Waals surface area (Å²) >= 11 is 0. The molecule has 3 aromatic rings. The molecule has 10 heteroatoms. The van der Waals surface area contributed by atoms with Gasteiger partial charge in [-0.25, -0.2) is 17.5 Å². The highest BCUT2D eigenvalue weighted by Crippen LogP contribution is 2.46. The molecule has 0 saturated carbocycles. The molecule has 2 N–H and O–H groups in total. The molecule has 43 heavy (non-hydrogen) atoms. The predicted molar refractivity (Wildman–Crippen MR) is 164 cm³/mol. The van der Waals surface area contributed by atoms with Crippen molar-refractivity contribution >= 4 is 33.2 Å². The lowest BCUT2D eigenvalue weighted by Gasteiger charge is -2.48. The topological polar surface area (TPSA) is 113 Å². The summed E-state index contributed by atoms with van der Waals surface area (Å²) in [5.74, 6) is -1.29. The summed E-state index contributed by atoms with van der Waals surface area (Å²) in [6.07, 6.45) is 2.65. The van der Waals surface area contributed by atoms with E-state index in [9.17, 15) is 27.5 Å². The van der Waals surface area contributed by atoms with Crippen molar-refractivity contribution in [1.29, 1.82) is 0 Å². The third-order valence-corrected chi connectivity index (χ3v) is 8.30. The number of nitrogens with one attached hydrogen (secondary N) is 1. The average Bonchev–Trinajstić information content (AvgIpc) is 2.97. The van der Waals surface area contributed by atoms with Crippen molar-refractivity contribution < 1.29 is 32.2 Å². The molecule has 0 radical (unpaired) electrons. The van der Waals surface area contributed by atoms with Crippen molar-refractivity contribution in [2.75, 3.05) is 24.3 Å². The van der Waals surface area contributed by atoms with E-state index < -0.39 is 22.1 Å². The Balaban J connectivity index is 1.54. The number of aryl methyl sites for hydroxylation is 1. The number of nitrogens with zero attached hydrogens (tertiary/aromatic N) is 1. The van der Waals surface area contributed by atoms with Gasteiger partial charge in [0.25, 0.3) is 0 Å². The van der Waals surface area contributed by atoms with Gasteiger partial charge in [0, 0.05) is 19.2 Å². The van der Waals surface area contributed by atoms with Crippen LogP contribution in [0.2, 0.25) is 0 Å². The molecule has 228 valence electrons. The van der Waals surface area contributed by atoms with Crippen LogP contribution in [0.4, 0.5) is 10.1 Å². The molecule has 3 atom stereocenters. The van der Waals surface area contributed by atoms with Crippen LogP contribution < -0.4 is 9.62 Å². The molecule has 1 heterocycles. The van der Waals surface area contributed by atoms with Gasteiger partial charge < -0.3 is 14.7 Å². The molecule has 0 spiro atoms. The molecule has 1 fully saturated rings. The molecule has 0 aromatic heterocycles. The van der Waals surface area contributed by atoms with Gasteiger partial charge >= 0.3 is 5.97 Å². The normalized spacial score (nSPS) is 17.3. The van der Waals surface area contributed by atoms with E-state index in [1.165, 1.54) is 19.1 Å². The van der Waals surface area contributed by atoms with E-state index in [4.69, 9.17) is 4.74 Å². The van der Waals surface area contributed by atoms with Crippen molar-refractivity contribution in [3.63, 3.8) is 0 Å². The Hall–Kier alpha value is -3.86. The van der Waals surface area contributed by atoms with Gasteiger partial charge in [0.1, 0.15) is 11.9 Å². The van der Waals surface area contributed by atoms with Gasteiger partial charge in [-0.1, -0.05) is 55.1 Å². The number of carbonyl (C=O) groups excluding carboxylic acids is 2. The molecule has 1 unspecified atom stereocenters. The number of rotatable bonds is 14. The number of benzene rings is 3. The zero-order valence-corrected chi connectivity index (χ0v) is 25.1. The SMILES string of the molecule is C=C(CO)c1ccc([C@@H]2C(CC[C@H](OC(C)=O)c3ccc(F)cc3)C(=O)N2c2ccc(CCCNS(C)(=O)=O)cc2)cc1. The second kappa shape index (κ2) is 14.1. The maximum absolute atomic E-state index is 13.6. The van der Waals surface area contributed by atoms with E-state index in [0.29, 0.717) is 43.4 Å². The highest BCUT2D eigenvalue weighted by Gasteiger charge is 2.48. The van der Waals surface area contributed by atoms with Gasteiger partial charge in [0.2, 0.25) is 15.9 Å². The zero-order valence-electron chi connectivity index (χ0n) is 24.3. The van der Waals surface area contributed by atoms with Crippen LogP contribution in [-0.2, 0) is 30.8 Å². The van der Waals surface area contributed by atoms with Crippen molar-refractivity contribution in [1.82, 2.24) is 4.72 Å². The number of hydrogen-bond acceptors (Lipinski definition) is 6. The van der Waals surface area contributed by atoms with Crippen LogP contribution in [0.15, 0.2) is 79.4 Å².